The van der Waals surface area contributed by atoms with Crippen LogP contribution in [-0.2, 0) is 4.74 Å². The van der Waals surface area contributed by atoms with Gasteiger partial charge in [-0.05, 0) is 44.0 Å². The van der Waals surface area contributed by atoms with E-state index in [4.69, 9.17) is 4.74 Å². The molecule has 6 heteroatoms. The normalized spacial score (nSPS) is 16.8. The predicted molar refractivity (Wildman–Crippen MR) is 93.3 cm³/mol. The van der Waals surface area contributed by atoms with Gasteiger partial charge < -0.3 is 15.0 Å². The van der Waals surface area contributed by atoms with Crippen LogP contribution in [0.4, 0.5) is 11.5 Å². The van der Waals surface area contributed by atoms with Crippen LogP contribution in [0.5, 0.6) is 0 Å². The molecule has 1 saturated heterocycles. The molecule has 126 valence electrons. The number of aromatic nitrogens is 2. The van der Waals surface area contributed by atoms with E-state index in [0.29, 0.717) is 24.6 Å². The van der Waals surface area contributed by atoms with Gasteiger partial charge in [0.25, 0.3) is 5.91 Å². The van der Waals surface area contributed by atoms with E-state index in [1.165, 1.54) is 0 Å². The van der Waals surface area contributed by atoms with Gasteiger partial charge in [0.1, 0.15) is 5.82 Å². The SMILES string of the molecule is CCN(C(=O)c1ccc(NCC2CCCO2)nn1)c1ccccc1. The van der Waals surface area contributed by atoms with Crippen molar-refractivity contribution in [2.24, 2.45) is 0 Å². The number of nitrogens with zero attached hydrogens (tertiary/aromatic N) is 3. The van der Waals surface area contributed by atoms with Crippen LogP contribution in [-0.4, -0.2) is 41.9 Å². The monoisotopic (exact) mass is 326 g/mol. The molecule has 0 radical (unpaired) electrons. The highest BCUT2D eigenvalue weighted by atomic mass is 16.5. The summed E-state index contributed by atoms with van der Waals surface area (Å²) in [6.07, 6.45) is 2.42. The lowest BCUT2D eigenvalue weighted by Gasteiger charge is -2.20. The van der Waals surface area contributed by atoms with Gasteiger partial charge in [-0.15, -0.1) is 10.2 Å². The lowest BCUT2D eigenvalue weighted by atomic mass is 10.2. The Bertz CT molecular complexity index is 654. The van der Waals surface area contributed by atoms with Crippen molar-refractivity contribution in [2.45, 2.75) is 25.9 Å². The molecule has 2 heterocycles. The van der Waals surface area contributed by atoms with E-state index in [1.54, 1.807) is 17.0 Å². The largest absolute Gasteiger partial charge is 0.376 e. The Morgan fingerprint density at radius 1 is 1.25 bits per heavy atom. The smallest absolute Gasteiger partial charge is 0.278 e. The molecule has 1 aliphatic rings. The molecular formula is C18H22N4O2. The second-order valence-electron chi connectivity index (χ2n) is 5.70. The molecule has 1 atom stereocenters. The van der Waals surface area contributed by atoms with Gasteiger partial charge in [0, 0.05) is 25.4 Å². The van der Waals surface area contributed by atoms with E-state index in [-0.39, 0.29) is 12.0 Å². The lowest BCUT2D eigenvalue weighted by Crippen LogP contribution is -2.31. The highest BCUT2D eigenvalue weighted by Gasteiger charge is 2.18. The Morgan fingerprint density at radius 3 is 2.71 bits per heavy atom. The number of anilines is 2. The fraction of sp³-hybridized carbons (Fsp3) is 0.389. The number of ether oxygens (including phenoxy) is 1. The molecule has 0 aliphatic carbocycles. The molecule has 2 aromatic rings. The maximum absolute atomic E-state index is 12.6. The van der Waals surface area contributed by atoms with E-state index in [0.717, 1.165) is 25.1 Å². The molecule has 1 N–H and O–H groups in total. The van der Waals surface area contributed by atoms with Gasteiger partial charge in [-0.2, -0.15) is 0 Å². The average Bonchev–Trinajstić information content (AvgIpc) is 3.15. The topological polar surface area (TPSA) is 67.4 Å². The summed E-state index contributed by atoms with van der Waals surface area (Å²) in [6.45, 7) is 4.06. The highest BCUT2D eigenvalue weighted by molar-refractivity contribution is 6.04. The average molecular weight is 326 g/mol. The quantitative estimate of drug-likeness (QED) is 0.884. The van der Waals surface area contributed by atoms with E-state index in [1.807, 2.05) is 37.3 Å². The molecule has 0 saturated carbocycles. The van der Waals surface area contributed by atoms with Crippen molar-refractivity contribution in [1.29, 1.82) is 0 Å². The van der Waals surface area contributed by atoms with Gasteiger partial charge in [0.05, 0.1) is 6.10 Å². The number of carbonyl (C=O) groups is 1. The Balaban J connectivity index is 1.64. The van der Waals surface area contributed by atoms with Gasteiger partial charge in [0.15, 0.2) is 5.69 Å². The molecule has 6 nitrogen and oxygen atoms in total. The fourth-order valence-corrected chi connectivity index (χ4v) is 2.75. The summed E-state index contributed by atoms with van der Waals surface area (Å²) in [7, 11) is 0. The van der Waals surface area contributed by atoms with Gasteiger partial charge in [-0.3, -0.25) is 4.79 Å². The highest BCUT2D eigenvalue weighted by Crippen LogP contribution is 2.16. The second kappa shape index (κ2) is 7.88. The van der Waals surface area contributed by atoms with E-state index in [9.17, 15) is 4.79 Å². The van der Waals surface area contributed by atoms with Crippen LogP contribution in [0.25, 0.3) is 0 Å². The third-order valence-electron chi connectivity index (χ3n) is 4.05. The fourth-order valence-electron chi connectivity index (χ4n) is 2.75. The van der Waals surface area contributed by atoms with Crippen molar-refractivity contribution in [2.75, 3.05) is 29.9 Å². The number of hydrogen-bond donors (Lipinski definition) is 1. The summed E-state index contributed by atoms with van der Waals surface area (Å²) < 4.78 is 5.56. The lowest BCUT2D eigenvalue weighted by molar-refractivity contribution is 0.0982. The van der Waals surface area contributed by atoms with Crippen LogP contribution in [0.15, 0.2) is 42.5 Å². The Hall–Kier alpha value is -2.47. The van der Waals surface area contributed by atoms with Crippen molar-refractivity contribution in [3.8, 4) is 0 Å². The standard InChI is InChI=1S/C18H22N4O2/c1-2-22(14-7-4-3-5-8-14)18(23)16-10-11-17(21-20-16)19-13-15-9-6-12-24-15/h3-5,7-8,10-11,15H,2,6,9,12-13H2,1H3,(H,19,21). The minimum atomic E-state index is -0.151. The van der Waals surface area contributed by atoms with Crippen molar-refractivity contribution in [3.05, 3.63) is 48.2 Å². The van der Waals surface area contributed by atoms with Crippen LogP contribution in [0, 0.1) is 0 Å². The molecule has 1 aromatic carbocycles. The molecule has 1 amide bonds. The number of para-hydroxylation sites is 1. The zero-order chi connectivity index (χ0) is 16.8. The number of amides is 1. The molecule has 0 bridgehead atoms. The first-order valence-corrected chi connectivity index (χ1v) is 8.34. The molecular weight excluding hydrogens is 304 g/mol. The van der Waals surface area contributed by atoms with Crippen molar-refractivity contribution in [3.63, 3.8) is 0 Å². The number of nitrogens with one attached hydrogen (secondary N) is 1. The van der Waals surface area contributed by atoms with E-state index >= 15 is 0 Å². The van der Waals surface area contributed by atoms with E-state index in [2.05, 4.69) is 15.5 Å². The first kappa shape index (κ1) is 16.4. The molecule has 1 aromatic heterocycles. The van der Waals surface area contributed by atoms with Gasteiger partial charge >= 0.3 is 0 Å². The first-order chi connectivity index (χ1) is 11.8. The van der Waals surface area contributed by atoms with Crippen molar-refractivity contribution >= 4 is 17.4 Å². The Labute approximate surface area is 141 Å². The molecule has 1 aliphatic heterocycles. The second-order valence-corrected chi connectivity index (χ2v) is 5.70. The zero-order valence-corrected chi connectivity index (χ0v) is 13.8. The summed E-state index contributed by atoms with van der Waals surface area (Å²) in [5.41, 5.74) is 1.19. The first-order valence-electron chi connectivity index (χ1n) is 8.34. The van der Waals surface area contributed by atoms with Crippen LogP contribution < -0.4 is 10.2 Å². The summed E-state index contributed by atoms with van der Waals surface area (Å²) in [4.78, 5) is 14.3. The maximum Gasteiger partial charge on any atom is 0.278 e. The molecule has 1 unspecified atom stereocenters. The number of benzene rings is 1. The number of carbonyl (C=O) groups excluding carboxylic acids is 1. The summed E-state index contributed by atoms with van der Waals surface area (Å²) >= 11 is 0. The molecule has 0 spiro atoms. The van der Waals surface area contributed by atoms with Crippen LogP contribution in [0.3, 0.4) is 0 Å². The Kier molecular flexibility index (Phi) is 5.38. The molecule has 1 fully saturated rings. The minimum absolute atomic E-state index is 0.151. The van der Waals surface area contributed by atoms with Gasteiger partial charge in [-0.1, -0.05) is 18.2 Å². The number of hydrogen-bond acceptors (Lipinski definition) is 5. The molecule has 24 heavy (non-hydrogen) atoms. The summed E-state index contributed by atoms with van der Waals surface area (Å²) in [6, 6.07) is 13.1. The maximum atomic E-state index is 12.6. The minimum Gasteiger partial charge on any atom is -0.376 e. The van der Waals surface area contributed by atoms with Crippen molar-refractivity contribution < 1.29 is 9.53 Å². The van der Waals surface area contributed by atoms with Gasteiger partial charge in [-0.25, -0.2) is 0 Å². The third-order valence-corrected chi connectivity index (χ3v) is 4.05. The third kappa shape index (κ3) is 3.89. The van der Waals surface area contributed by atoms with Crippen LogP contribution in [0.2, 0.25) is 0 Å². The summed E-state index contributed by atoms with van der Waals surface area (Å²) in [5, 5.41) is 11.4. The van der Waals surface area contributed by atoms with Crippen LogP contribution >= 0.6 is 0 Å². The summed E-state index contributed by atoms with van der Waals surface area (Å²) in [5.74, 6) is 0.506. The van der Waals surface area contributed by atoms with Crippen molar-refractivity contribution in [1.82, 2.24) is 10.2 Å². The predicted octanol–water partition coefficient (Wildman–Crippen LogP) is 2.73. The van der Waals surface area contributed by atoms with Crippen LogP contribution in [0.1, 0.15) is 30.3 Å². The zero-order valence-electron chi connectivity index (χ0n) is 13.8. The van der Waals surface area contributed by atoms with E-state index < -0.39 is 0 Å². The molecule has 3 rings (SSSR count). The number of rotatable bonds is 6. The Morgan fingerprint density at radius 2 is 2.08 bits per heavy atom. The van der Waals surface area contributed by atoms with Gasteiger partial charge in [0.2, 0.25) is 0 Å².